The topological polar surface area (TPSA) is 74.2 Å². The van der Waals surface area contributed by atoms with Crippen LogP contribution in [-0.2, 0) is 22.5 Å². The summed E-state index contributed by atoms with van der Waals surface area (Å²) in [6.07, 6.45) is 0.0480. The van der Waals surface area contributed by atoms with Gasteiger partial charge in [0.05, 0.1) is 6.61 Å². The van der Waals surface area contributed by atoms with E-state index in [1.165, 1.54) is 6.92 Å². The van der Waals surface area contributed by atoms with Crippen LogP contribution < -0.4 is 0 Å². The van der Waals surface area contributed by atoms with E-state index in [2.05, 4.69) is 45.8 Å². The number of hydrogen-bond acceptors (Lipinski definition) is 6. The van der Waals surface area contributed by atoms with E-state index in [1.54, 1.807) is 0 Å². The molecule has 9 heteroatoms. The van der Waals surface area contributed by atoms with Crippen LogP contribution in [0.3, 0.4) is 0 Å². The largest absolute Gasteiger partial charge is 0.463 e. The summed E-state index contributed by atoms with van der Waals surface area (Å²) >= 11 is 0. The molecule has 0 amide bonds. The minimum atomic E-state index is -2.22. The fraction of sp³-hybridized carbons (Fsp3) is 0.933. The molecule has 144 valence electrons. The lowest BCUT2D eigenvalue weighted by molar-refractivity contribution is -0.145. The lowest BCUT2D eigenvalue weighted by Crippen LogP contribution is -2.52. The van der Waals surface area contributed by atoms with Gasteiger partial charge in [0.25, 0.3) is 0 Å². The molecule has 0 aromatic carbocycles. The quantitative estimate of drug-likeness (QED) is 0.310. The zero-order valence-electron chi connectivity index (χ0n) is 16.6. The lowest BCUT2D eigenvalue weighted by Gasteiger charge is -2.38. The predicted molar refractivity (Wildman–Crippen MR) is 103 cm³/mol. The number of carbonyl (C=O) groups is 1. The molecule has 0 rings (SSSR count). The Morgan fingerprint density at radius 2 is 1.46 bits per heavy atom. The standard InChI is InChI=1S/C15H36O6Si3/c1-14(16)19-13-15(17)12-18-10-9-11-24(8,20-22(2,3)4)21-23(5,6)7/h15,17H,9-13H2,1-8H3. The van der Waals surface area contributed by atoms with Crippen molar-refractivity contribution >= 4 is 31.2 Å². The Hall–Kier alpha value is -0.0394. The van der Waals surface area contributed by atoms with E-state index < -0.39 is 37.3 Å². The summed E-state index contributed by atoms with van der Waals surface area (Å²) < 4.78 is 23.1. The predicted octanol–water partition coefficient (Wildman–Crippen LogP) is 3.09. The van der Waals surface area contributed by atoms with Gasteiger partial charge in [0, 0.05) is 13.5 Å². The first kappa shape index (κ1) is 24.0. The first-order valence-electron chi connectivity index (χ1n) is 8.52. The second-order valence-corrected chi connectivity index (χ2v) is 21.0. The molecule has 24 heavy (non-hydrogen) atoms. The van der Waals surface area contributed by atoms with Crippen LogP contribution in [0.5, 0.6) is 0 Å². The van der Waals surface area contributed by atoms with Crippen molar-refractivity contribution in [2.24, 2.45) is 0 Å². The zero-order chi connectivity index (χ0) is 19.0. The van der Waals surface area contributed by atoms with E-state index in [-0.39, 0.29) is 13.2 Å². The van der Waals surface area contributed by atoms with Crippen molar-refractivity contribution in [2.45, 2.75) is 71.3 Å². The van der Waals surface area contributed by atoms with Crippen LogP contribution in [0.2, 0.25) is 51.9 Å². The number of carbonyl (C=O) groups excluding carboxylic acids is 1. The highest BCUT2D eigenvalue weighted by Gasteiger charge is 2.39. The van der Waals surface area contributed by atoms with E-state index in [0.717, 1.165) is 12.5 Å². The number of hydrogen-bond donors (Lipinski definition) is 1. The third-order valence-electron chi connectivity index (χ3n) is 2.75. The molecule has 0 saturated carbocycles. The third-order valence-corrected chi connectivity index (χ3v) is 12.4. The number of esters is 1. The zero-order valence-corrected chi connectivity index (χ0v) is 19.6. The fourth-order valence-electron chi connectivity index (χ4n) is 2.39. The molecule has 1 N–H and O–H groups in total. The average Bonchev–Trinajstić information content (AvgIpc) is 2.30. The first-order chi connectivity index (χ1) is 10.7. The van der Waals surface area contributed by atoms with Gasteiger partial charge >= 0.3 is 14.5 Å². The van der Waals surface area contributed by atoms with Crippen LogP contribution in [0, 0.1) is 0 Å². The monoisotopic (exact) mass is 396 g/mol. The smallest absolute Gasteiger partial charge is 0.314 e. The Balaban J connectivity index is 4.26. The summed E-state index contributed by atoms with van der Waals surface area (Å²) in [5.74, 6) is -0.400. The number of ether oxygens (including phenoxy) is 2. The van der Waals surface area contributed by atoms with Crippen LogP contribution in [0.25, 0.3) is 0 Å². The van der Waals surface area contributed by atoms with Gasteiger partial charge in [-0.1, -0.05) is 0 Å². The molecule has 0 radical (unpaired) electrons. The van der Waals surface area contributed by atoms with Crippen molar-refractivity contribution < 1.29 is 27.6 Å². The van der Waals surface area contributed by atoms with Crippen LogP contribution in [0.4, 0.5) is 0 Å². The van der Waals surface area contributed by atoms with Gasteiger partial charge in [-0.2, -0.15) is 0 Å². The SMILES string of the molecule is CC(=O)OCC(O)COCCC[Si](C)(O[Si](C)(C)C)O[Si](C)(C)C. The molecule has 1 atom stereocenters. The molecular weight excluding hydrogens is 360 g/mol. The molecule has 6 nitrogen and oxygen atoms in total. The van der Waals surface area contributed by atoms with Crippen LogP contribution in [0.1, 0.15) is 13.3 Å². The summed E-state index contributed by atoms with van der Waals surface area (Å²) in [5.41, 5.74) is 0. The van der Waals surface area contributed by atoms with E-state index in [4.69, 9.17) is 17.7 Å². The van der Waals surface area contributed by atoms with Crippen molar-refractivity contribution in [3.63, 3.8) is 0 Å². The van der Waals surface area contributed by atoms with Gasteiger partial charge in [-0.25, -0.2) is 0 Å². The highest BCUT2D eigenvalue weighted by Crippen LogP contribution is 2.25. The molecule has 0 saturated heterocycles. The molecule has 0 aromatic heterocycles. The van der Waals surface area contributed by atoms with Gasteiger partial charge in [0.2, 0.25) is 0 Å². The van der Waals surface area contributed by atoms with Crippen molar-refractivity contribution in [1.82, 2.24) is 0 Å². The fourth-order valence-corrected chi connectivity index (χ4v) is 14.9. The molecule has 1 unspecified atom stereocenters. The molecule has 0 heterocycles. The summed E-state index contributed by atoms with van der Waals surface area (Å²) in [5, 5.41) is 9.63. The van der Waals surface area contributed by atoms with Crippen LogP contribution >= 0.6 is 0 Å². The molecule has 0 bridgehead atoms. The summed E-state index contributed by atoms with van der Waals surface area (Å²) in [4.78, 5) is 10.7. The van der Waals surface area contributed by atoms with Crippen molar-refractivity contribution in [3.8, 4) is 0 Å². The normalized spacial score (nSPS) is 14.5. The Kier molecular flexibility index (Phi) is 10.2. The molecule has 0 aliphatic rings. The van der Waals surface area contributed by atoms with Crippen LogP contribution in [-0.4, -0.2) is 62.2 Å². The number of aliphatic hydroxyl groups is 1. The maximum absolute atomic E-state index is 10.7. The summed E-state index contributed by atoms with van der Waals surface area (Å²) in [6.45, 7) is 17.3. The molecule has 0 aliphatic heterocycles. The minimum absolute atomic E-state index is 0.0285. The maximum atomic E-state index is 10.7. The van der Waals surface area contributed by atoms with Crippen molar-refractivity contribution in [2.75, 3.05) is 19.8 Å². The molecule has 0 fully saturated rings. The van der Waals surface area contributed by atoms with E-state index in [0.29, 0.717) is 6.61 Å². The van der Waals surface area contributed by atoms with Gasteiger partial charge in [0.1, 0.15) is 12.7 Å². The van der Waals surface area contributed by atoms with Crippen LogP contribution in [0.15, 0.2) is 0 Å². The third kappa shape index (κ3) is 14.3. The number of rotatable bonds is 12. The second kappa shape index (κ2) is 10.2. The number of aliphatic hydroxyl groups excluding tert-OH is 1. The lowest BCUT2D eigenvalue weighted by atomic mass is 10.4. The van der Waals surface area contributed by atoms with Crippen molar-refractivity contribution in [1.29, 1.82) is 0 Å². The molecule has 0 spiro atoms. The second-order valence-electron chi connectivity index (χ2n) is 8.20. The van der Waals surface area contributed by atoms with Gasteiger partial charge < -0.3 is 22.8 Å². The van der Waals surface area contributed by atoms with E-state index >= 15 is 0 Å². The highest BCUT2D eigenvalue weighted by atomic mass is 28.5. The van der Waals surface area contributed by atoms with Gasteiger partial charge in [-0.05, 0) is 58.3 Å². The summed E-state index contributed by atoms with van der Waals surface area (Å²) in [7, 11) is -5.56. The Morgan fingerprint density at radius 1 is 0.958 bits per heavy atom. The Labute approximate surface area is 150 Å². The molecule has 0 aliphatic carbocycles. The maximum Gasteiger partial charge on any atom is 0.314 e. The molecular formula is C15H36O6Si3. The van der Waals surface area contributed by atoms with E-state index in [1.807, 2.05) is 0 Å². The van der Waals surface area contributed by atoms with E-state index in [9.17, 15) is 9.90 Å². The summed E-state index contributed by atoms with van der Waals surface area (Å²) in [6, 6.07) is 0.877. The van der Waals surface area contributed by atoms with Gasteiger partial charge in [-0.3, -0.25) is 4.79 Å². The molecule has 0 aromatic rings. The van der Waals surface area contributed by atoms with Gasteiger partial charge in [0.15, 0.2) is 16.6 Å². The first-order valence-corrected chi connectivity index (χ1v) is 17.9. The highest BCUT2D eigenvalue weighted by molar-refractivity contribution is 6.87. The Morgan fingerprint density at radius 3 is 1.88 bits per heavy atom. The average molecular weight is 397 g/mol. The minimum Gasteiger partial charge on any atom is -0.463 e. The Bertz CT molecular complexity index is 362. The van der Waals surface area contributed by atoms with Gasteiger partial charge in [-0.15, -0.1) is 0 Å². The van der Waals surface area contributed by atoms with Crippen molar-refractivity contribution in [3.05, 3.63) is 0 Å².